The molecule has 4 N–H and O–H groups in total. The van der Waals surface area contributed by atoms with Gasteiger partial charge >= 0.3 is 5.97 Å². The van der Waals surface area contributed by atoms with E-state index in [1.807, 2.05) is 6.92 Å². The van der Waals surface area contributed by atoms with E-state index in [1.54, 1.807) is 6.92 Å². The highest BCUT2D eigenvalue weighted by Gasteiger charge is 2.24. The largest absolute Gasteiger partial charge is 0.481 e. The first-order valence-electron chi connectivity index (χ1n) is 5.01. The molecule has 0 spiro atoms. The van der Waals surface area contributed by atoms with Crippen molar-refractivity contribution < 1.29 is 19.5 Å². The van der Waals surface area contributed by atoms with Crippen LogP contribution in [0.15, 0.2) is 0 Å². The van der Waals surface area contributed by atoms with Crippen molar-refractivity contribution in [3.63, 3.8) is 0 Å². The number of carboxylic acid groups (broad SMARTS) is 1. The molecule has 0 aromatic rings. The van der Waals surface area contributed by atoms with Crippen LogP contribution < -0.4 is 5.73 Å². The number of nitrogens with two attached hydrogens (primary N) is 1. The molecule has 0 aliphatic rings. The Morgan fingerprint density at radius 1 is 1.33 bits per heavy atom. The van der Waals surface area contributed by atoms with Crippen molar-refractivity contribution in [2.75, 3.05) is 0 Å². The predicted molar refractivity (Wildman–Crippen MR) is 58.9 cm³/mol. The quantitative estimate of drug-likeness (QED) is 0.515. The molecule has 3 atom stereocenters. The molecule has 15 heavy (non-hydrogen) atoms. The molecule has 0 aliphatic carbocycles. The zero-order chi connectivity index (χ0) is 12.0. The number of hydrogen-bond acceptors (Lipinski definition) is 3. The fourth-order valence-corrected chi connectivity index (χ4v) is 1.95. The van der Waals surface area contributed by atoms with Crippen LogP contribution in [-0.2, 0) is 9.59 Å². The van der Waals surface area contributed by atoms with Crippen LogP contribution in [0, 0.1) is 11.8 Å². The van der Waals surface area contributed by atoms with Crippen molar-refractivity contribution in [2.24, 2.45) is 17.6 Å². The molecular formula is C9H19NO4Si. The van der Waals surface area contributed by atoms with E-state index >= 15 is 0 Å². The minimum Gasteiger partial charge on any atom is -0.481 e. The zero-order valence-electron chi connectivity index (χ0n) is 9.14. The van der Waals surface area contributed by atoms with Crippen LogP contribution in [0.25, 0.3) is 0 Å². The van der Waals surface area contributed by atoms with Gasteiger partial charge in [-0.15, -0.1) is 0 Å². The van der Waals surface area contributed by atoms with Gasteiger partial charge in [0.2, 0.25) is 5.91 Å². The van der Waals surface area contributed by atoms with Crippen LogP contribution >= 0.6 is 0 Å². The summed E-state index contributed by atoms with van der Waals surface area (Å²) in [6.45, 7) is 3.45. The molecule has 0 aromatic carbocycles. The second kappa shape index (κ2) is 6.57. The van der Waals surface area contributed by atoms with Gasteiger partial charge in [-0.3, -0.25) is 9.59 Å². The average Bonchev–Trinajstić information content (AvgIpc) is 2.15. The molecule has 0 heterocycles. The fourth-order valence-electron chi connectivity index (χ4n) is 1.40. The van der Waals surface area contributed by atoms with Gasteiger partial charge in [-0.25, -0.2) is 0 Å². The second-order valence-electron chi connectivity index (χ2n) is 4.10. The molecule has 0 saturated carbocycles. The lowest BCUT2D eigenvalue weighted by molar-refractivity contribution is -0.142. The molecule has 0 saturated heterocycles. The lowest BCUT2D eigenvalue weighted by Crippen LogP contribution is -2.27. The number of hydrogen-bond donors (Lipinski definition) is 3. The predicted octanol–water partition coefficient (Wildman–Crippen LogP) is -0.527. The molecule has 0 bridgehead atoms. The van der Waals surface area contributed by atoms with E-state index in [0.29, 0.717) is 6.42 Å². The molecule has 0 aromatic heterocycles. The summed E-state index contributed by atoms with van der Waals surface area (Å²) in [5, 5.41) is 8.93. The molecular weight excluding hydrogens is 214 g/mol. The normalized spacial score (nSPS) is 17.5. The van der Waals surface area contributed by atoms with Gasteiger partial charge in [0, 0.05) is 5.92 Å². The molecule has 88 valence electrons. The van der Waals surface area contributed by atoms with Crippen LogP contribution in [0.2, 0.25) is 5.54 Å². The van der Waals surface area contributed by atoms with Gasteiger partial charge in [0.05, 0.1) is 5.92 Å². The smallest absolute Gasteiger partial charge is 0.306 e. The summed E-state index contributed by atoms with van der Waals surface area (Å²) in [6, 6.07) is 0. The average molecular weight is 233 g/mol. The highest BCUT2D eigenvalue weighted by molar-refractivity contribution is 6.27. The first-order valence-corrected chi connectivity index (χ1v) is 6.46. The van der Waals surface area contributed by atoms with Gasteiger partial charge in [0.25, 0.3) is 0 Å². The maximum atomic E-state index is 10.9. The Labute approximate surface area is 91.6 Å². The molecule has 0 unspecified atom stereocenters. The van der Waals surface area contributed by atoms with Gasteiger partial charge in [-0.1, -0.05) is 13.8 Å². The first-order chi connectivity index (χ1) is 6.88. The number of rotatable bonds is 7. The third-order valence-corrected chi connectivity index (χ3v) is 3.43. The Balaban J connectivity index is 4.28. The van der Waals surface area contributed by atoms with Crippen molar-refractivity contribution >= 4 is 21.6 Å². The van der Waals surface area contributed by atoms with Crippen molar-refractivity contribution in [2.45, 2.75) is 32.2 Å². The Morgan fingerprint density at radius 2 is 1.87 bits per heavy atom. The molecule has 0 fully saturated rings. The zero-order valence-corrected chi connectivity index (χ0v) is 10.6. The SMILES string of the molecule is C[C@H](C[C@H](C[C@H](C)[SiH2]O)C(=O)O)C(N)=O. The standard InChI is InChI=1S/C9H19NO4Si/c1-5(8(10)11)3-7(9(12)13)4-6(2)15-14/h5-7,14H,3-4,15H2,1-2H3,(H2,10,11)(H,12,13)/t5-,6+,7-/m1/s1. The summed E-state index contributed by atoms with van der Waals surface area (Å²) in [5.74, 6) is -2.41. The third-order valence-electron chi connectivity index (χ3n) is 2.47. The van der Waals surface area contributed by atoms with Gasteiger partial charge in [0.15, 0.2) is 9.76 Å². The minimum atomic E-state index is -1.17. The molecule has 0 aliphatic heterocycles. The summed E-state index contributed by atoms with van der Waals surface area (Å²) in [7, 11) is -1.17. The van der Waals surface area contributed by atoms with Crippen LogP contribution in [0.1, 0.15) is 26.7 Å². The van der Waals surface area contributed by atoms with Crippen LogP contribution in [-0.4, -0.2) is 31.5 Å². The Hall–Kier alpha value is -0.883. The molecule has 0 radical (unpaired) electrons. The monoisotopic (exact) mass is 233 g/mol. The maximum absolute atomic E-state index is 10.9. The van der Waals surface area contributed by atoms with Crippen LogP contribution in [0.5, 0.6) is 0 Å². The van der Waals surface area contributed by atoms with Gasteiger partial charge < -0.3 is 15.6 Å². The number of primary amides is 1. The van der Waals surface area contributed by atoms with E-state index in [9.17, 15) is 9.59 Å². The van der Waals surface area contributed by atoms with E-state index in [-0.39, 0.29) is 12.0 Å². The molecule has 5 nitrogen and oxygen atoms in total. The molecule has 6 heteroatoms. The number of amides is 1. The van der Waals surface area contributed by atoms with Crippen molar-refractivity contribution in [1.82, 2.24) is 0 Å². The Kier molecular flexibility index (Phi) is 6.19. The molecule has 0 rings (SSSR count). The topological polar surface area (TPSA) is 101 Å². The van der Waals surface area contributed by atoms with Gasteiger partial charge in [-0.2, -0.15) is 0 Å². The number of aliphatic carboxylic acids is 1. The van der Waals surface area contributed by atoms with Crippen molar-refractivity contribution in [1.29, 1.82) is 0 Å². The van der Waals surface area contributed by atoms with Gasteiger partial charge in [0.1, 0.15) is 0 Å². The number of carbonyl (C=O) groups is 2. The van der Waals surface area contributed by atoms with E-state index in [0.717, 1.165) is 0 Å². The van der Waals surface area contributed by atoms with E-state index in [2.05, 4.69) is 0 Å². The number of carboxylic acids is 1. The lowest BCUT2D eigenvalue weighted by atomic mass is 9.92. The summed E-state index contributed by atoms with van der Waals surface area (Å²) < 4.78 is 0. The van der Waals surface area contributed by atoms with Gasteiger partial charge in [-0.05, 0) is 18.4 Å². The second-order valence-corrected chi connectivity index (χ2v) is 5.86. The Morgan fingerprint density at radius 3 is 2.20 bits per heavy atom. The summed E-state index contributed by atoms with van der Waals surface area (Å²) in [6.07, 6.45) is 0.680. The lowest BCUT2D eigenvalue weighted by Gasteiger charge is -2.17. The van der Waals surface area contributed by atoms with E-state index < -0.39 is 33.5 Å². The highest BCUT2D eigenvalue weighted by Crippen LogP contribution is 2.22. The van der Waals surface area contributed by atoms with E-state index in [4.69, 9.17) is 15.6 Å². The minimum absolute atomic E-state index is 0.0613. The summed E-state index contributed by atoms with van der Waals surface area (Å²) in [5.41, 5.74) is 5.14. The Bertz CT molecular complexity index is 234. The van der Waals surface area contributed by atoms with E-state index in [1.165, 1.54) is 0 Å². The molecule has 1 amide bonds. The van der Waals surface area contributed by atoms with Crippen molar-refractivity contribution in [3.8, 4) is 0 Å². The fraction of sp³-hybridized carbons (Fsp3) is 0.778. The van der Waals surface area contributed by atoms with Crippen LogP contribution in [0.4, 0.5) is 0 Å². The number of carbonyl (C=O) groups excluding carboxylic acids is 1. The van der Waals surface area contributed by atoms with Crippen LogP contribution in [0.3, 0.4) is 0 Å². The third kappa shape index (κ3) is 5.53. The van der Waals surface area contributed by atoms with Crippen molar-refractivity contribution in [3.05, 3.63) is 0 Å². The highest BCUT2D eigenvalue weighted by atomic mass is 28.2. The first kappa shape index (κ1) is 14.1. The maximum Gasteiger partial charge on any atom is 0.306 e. The summed E-state index contributed by atoms with van der Waals surface area (Å²) in [4.78, 5) is 30.7. The summed E-state index contributed by atoms with van der Waals surface area (Å²) >= 11 is 0.